The van der Waals surface area contributed by atoms with Crippen LogP contribution in [-0.4, -0.2) is 0 Å². The van der Waals surface area contributed by atoms with Gasteiger partial charge in [-0.05, 0) is 200 Å². The zero-order valence-electron chi connectivity index (χ0n) is 50.6. The van der Waals surface area contributed by atoms with Crippen LogP contribution >= 0.6 is 0 Å². The van der Waals surface area contributed by atoms with Crippen molar-refractivity contribution in [3.8, 4) is 0 Å². The number of hydrogen-bond donors (Lipinski definition) is 0. The summed E-state index contributed by atoms with van der Waals surface area (Å²) in [6.07, 6.45) is 23.7. The van der Waals surface area contributed by atoms with Gasteiger partial charge in [-0.3, -0.25) is 0 Å². The Hall–Kier alpha value is -5.34. The molecule has 1 atom stereocenters. The van der Waals surface area contributed by atoms with E-state index in [1.54, 1.807) is 0 Å². The lowest BCUT2D eigenvalue weighted by Crippen LogP contribution is -2.34. The van der Waals surface area contributed by atoms with Gasteiger partial charge in [-0.15, -0.1) is 0 Å². The highest BCUT2D eigenvalue weighted by atomic mass is 15.2. The SMILES string of the molecule is C=C(/C=C1\C(=C/C)C(C)(C)CC1(C)C)N(c1ccc2c(c1)C(C)(C)CC2(C)C)c1cc(C(C)(C)C)cc(N(C2=CCC(C(C)(C)c3ccccc3)C=C2C2(C)C=CC=C2)c2cc3c(cc2C)C(C)(C)CC3(C)C)c1C. The van der Waals surface area contributed by atoms with Crippen molar-refractivity contribution in [1.82, 2.24) is 0 Å². The summed E-state index contributed by atoms with van der Waals surface area (Å²) in [6, 6.07) is 28.8. The maximum absolute atomic E-state index is 5.15. The van der Waals surface area contributed by atoms with Gasteiger partial charge in [0.2, 0.25) is 0 Å². The average Bonchev–Trinajstić information content (AvgIpc) is 3.94. The molecule has 2 nitrogen and oxygen atoms in total. The van der Waals surface area contributed by atoms with Crippen LogP contribution < -0.4 is 9.80 Å². The number of benzene rings is 4. The second-order valence-corrected chi connectivity index (χ2v) is 29.7. The first-order valence-electron chi connectivity index (χ1n) is 28.6. The molecule has 0 saturated heterocycles. The molecule has 9 rings (SSSR count). The Morgan fingerprint density at radius 2 is 1.12 bits per heavy atom. The predicted molar refractivity (Wildman–Crippen MR) is 326 cm³/mol. The minimum Gasteiger partial charge on any atom is -0.311 e. The molecular formula is C73H94N2. The Morgan fingerprint density at radius 3 is 1.71 bits per heavy atom. The number of allylic oxidation sites excluding steroid dienone is 11. The Balaban J connectivity index is 1.36. The number of hydrogen-bond acceptors (Lipinski definition) is 2. The second kappa shape index (κ2) is 17.9. The number of rotatable bonds is 10. The molecule has 4 aromatic carbocycles. The van der Waals surface area contributed by atoms with Gasteiger partial charge in [0.25, 0.3) is 0 Å². The van der Waals surface area contributed by atoms with E-state index in [9.17, 15) is 0 Å². The van der Waals surface area contributed by atoms with Crippen molar-refractivity contribution in [2.24, 2.45) is 22.2 Å². The lowest BCUT2D eigenvalue weighted by atomic mass is 9.67. The van der Waals surface area contributed by atoms with E-state index in [4.69, 9.17) is 6.58 Å². The van der Waals surface area contributed by atoms with Crippen LogP contribution in [-0.2, 0) is 32.5 Å². The van der Waals surface area contributed by atoms with E-state index in [2.05, 4.69) is 277 Å². The molecule has 5 aliphatic rings. The monoisotopic (exact) mass is 999 g/mol. The molecule has 4 aromatic rings. The van der Waals surface area contributed by atoms with Gasteiger partial charge >= 0.3 is 0 Å². The topological polar surface area (TPSA) is 6.48 Å². The molecule has 0 amide bonds. The molecule has 0 aliphatic heterocycles. The highest BCUT2D eigenvalue weighted by Crippen LogP contribution is 2.59. The maximum atomic E-state index is 5.15. The number of anilines is 4. The molecule has 1 saturated carbocycles. The summed E-state index contributed by atoms with van der Waals surface area (Å²) >= 11 is 0. The van der Waals surface area contributed by atoms with Crippen molar-refractivity contribution >= 4 is 22.7 Å². The number of aryl methyl sites for hydroxylation is 1. The highest BCUT2D eigenvalue weighted by molar-refractivity contribution is 5.86. The van der Waals surface area contributed by atoms with E-state index >= 15 is 0 Å². The molecule has 396 valence electrons. The van der Waals surface area contributed by atoms with Gasteiger partial charge in [-0.2, -0.15) is 0 Å². The zero-order valence-corrected chi connectivity index (χ0v) is 50.6. The van der Waals surface area contributed by atoms with Gasteiger partial charge in [0.15, 0.2) is 0 Å². The van der Waals surface area contributed by atoms with Crippen LogP contribution in [0, 0.1) is 36.0 Å². The van der Waals surface area contributed by atoms with Crippen molar-refractivity contribution < 1.29 is 0 Å². The van der Waals surface area contributed by atoms with Crippen LogP contribution in [0.25, 0.3) is 0 Å². The fourth-order valence-electron chi connectivity index (χ4n) is 15.7. The van der Waals surface area contributed by atoms with E-state index in [0.717, 1.165) is 31.4 Å². The first-order chi connectivity index (χ1) is 34.6. The van der Waals surface area contributed by atoms with E-state index in [1.165, 1.54) is 89.7 Å². The Labute approximate surface area is 456 Å². The fraction of sp³-hybridized carbons (Fsp3) is 0.479. The summed E-state index contributed by atoms with van der Waals surface area (Å²) in [5, 5.41) is 0. The predicted octanol–water partition coefficient (Wildman–Crippen LogP) is 20.6. The fourth-order valence-corrected chi connectivity index (χ4v) is 15.7. The zero-order chi connectivity index (χ0) is 55.0. The lowest BCUT2D eigenvalue weighted by molar-refractivity contribution is 0.338. The third kappa shape index (κ3) is 9.25. The van der Waals surface area contributed by atoms with Crippen molar-refractivity contribution in [2.75, 3.05) is 9.80 Å². The molecule has 5 aliphatic carbocycles. The minimum absolute atomic E-state index is 0.0140. The molecule has 0 heterocycles. The first-order valence-corrected chi connectivity index (χ1v) is 28.6. The summed E-state index contributed by atoms with van der Waals surface area (Å²) in [5.41, 5.74) is 21.9. The van der Waals surface area contributed by atoms with Crippen LogP contribution in [0.15, 0.2) is 156 Å². The number of fused-ring (bicyclic) bond motifs is 2. The summed E-state index contributed by atoms with van der Waals surface area (Å²) in [4.78, 5) is 5.27. The van der Waals surface area contributed by atoms with E-state index in [0.29, 0.717) is 0 Å². The van der Waals surface area contributed by atoms with Crippen molar-refractivity contribution in [2.45, 2.75) is 204 Å². The summed E-state index contributed by atoms with van der Waals surface area (Å²) in [6.45, 7) is 55.9. The molecule has 0 bridgehead atoms. The van der Waals surface area contributed by atoms with Crippen LogP contribution in [0.1, 0.15) is 202 Å². The lowest BCUT2D eigenvalue weighted by Gasteiger charge is -2.43. The van der Waals surface area contributed by atoms with Gasteiger partial charge in [0.1, 0.15) is 0 Å². The Bertz CT molecular complexity index is 3150. The van der Waals surface area contributed by atoms with E-state index in [1.807, 2.05) is 0 Å². The second-order valence-electron chi connectivity index (χ2n) is 29.7. The summed E-state index contributed by atoms with van der Waals surface area (Å²) < 4.78 is 0. The van der Waals surface area contributed by atoms with Crippen LogP contribution in [0.3, 0.4) is 0 Å². The molecule has 0 N–H and O–H groups in total. The average molecular weight is 1000 g/mol. The van der Waals surface area contributed by atoms with Gasteiger partial charge in [0.05, 0.1) is 11.4 Å². The molecule has 1 unspecified atom stereocenters. The van der Waals surface area contributed by atoms with Crippen molar-refractivity contribution in [3.05, 3.63) is 201 Å². The molecule has 1 fully saturated rings. The smallest absolute Gasteiger partial charge is 0.0514 e. The van der Waals surface area contributed by atoms with E-state index < -0.39 is 0 Å². The molecular weight excluding hydrogens is 905 g/mol. The first kappa shape index (κ1) is 54.4. The maximum Gasteiger partial charge on any atom is 0.0514 e. The molecule has 0 aromatic heterocycles. The van der Waals surface area contributed by atoms with Gasteiger partial charge < -0.3 is 9.80 Å². The van der Waals surface area contributed by atoms with Gasteiger partial charge in [0, 0.05) is 28.2 Å². The van der Waals surface area contributed by atoms with Crippen LogP contribution in [0.5, 0.6) is 0 Å². The largest absolute Gasteiger partial charge is 0.311 e. The number of nitrogens with zero attached hydrogens (tertiary/aromatic N) is 2. The van der Waals surface area contributed by atoms with Crippen LogP contribution in [0.2, 0.25) is 0 Å². The summed E-state index contributed by atoms with van der Waals surface area (Å²) in [5.74, 6) is 0.283. The third-order valence-corrected chi connectivity index (χ3v) is 19.2. The van der Waals surface area contributed by atoms with Crippen LogP contribution in [0.4, 0.5) is 22.7 Å². The Morgan fingerprint density at radius 1 is 0.587 bits per heavy atom. The molecule has 0 radical (unpaired) electrons. The quantitative estimate of drug-likeness (QED) is 0.156. The van der Waals surface area contributed by atoms with Crippen molar-refractivity contribution in [3.63, 3.8) is 0 Å². The molecule has 2 heteroatoms. The van der Waals surface area contributed by atoms with Crippen molar-refractivity contribution in [1.29, 1.82) is 0 Å². The normalized spacial score (nSPS) is 23.3. The molecule has 0 spiro atoms. The third-order valence-electron chi connectivity index (χ3n) is 19.2. The minimum atomic E-state index is -0.316. The van der Waals surface area contributed by atoms with Gasteiger partial charge in [-0.25, -0.2) is 0 Å². The van der Waals surface area contributed by atoms with Gasteiger partial charge in [-0.1, -0.05) is 209 Å². The standard InChI is InChI=1S/C73H94N2/c1-23-54-57(69(14,15)44-66(54,8)9)38-48(3)74(53-32-33-55-58(42-53)70(16,17)45-67(55,10)11)63-40-52(65(5,6)7)41-64(49(63)4)75(62-43-59-56(37-47(62)2)68(12,13)46-71(59,18)19)61-34-31-51(39-60(61)73(22)35-27-28-36-73)72(20,21)50-29-25-24-26-30-50/h23-30,32-43,51H,3,31,44-46H2,1-2,4-22H3/b54-23+,57-38+. The molecule has 75 heavy (non-hydrogen) atoms. The highest BCUT2D eigenvalue weighted by Gasteiger charge is 2.47. The van der Waals surface area contributed by atoms with E-state index in [-0.39, 0.29) is 54.7 Å². The Kier molecular flexibility index (Phi) is 13.0. The summed E-state index contributed by atoms with van der Waals surface area (Å²) in [7, 11) is 0.